The van der Waals surface area contributed by atoms with Crippen LogP contribution in [0.2, 0.25) is 0 Å². The molecule has 0 radical (unpaired) electrons. The lowest BCUT2D eigenvalue weighted by Gasteiger charge is -2.09. The molecule has 1 saturated carbocycles. The number of aliphatic hydroxyl groups excluding tert-OH is 1. The Kier molecular flexibility index (Phi) is 3.09. The van der Waals surface area contributed by atoms with E-state index in [1.54, 1.807) is 6.07 Å². The van der Waals surface area contributed by atoms with Gasteiger partial charge in [0.1, 0.15) is 5.69 Å². The van der Waals surface area contributed by atoms with Crippen LogP contribution in [0.3, 0.4) is 0 Å². The van der Waals surface area contributed by atoms with Crippen LogP contribution in [0.5, 0.6) is 0 Å². The van der Waals surface area contributed by atoms with Crippen LogP contribution in [0.1, 0.15) is 34.9 Å². The zero-order valence-electron chi connectivity index (χ0n) is 10.5. The van der Waals surface area contributed by atoms with E-state index in [0.29, 0.717) is 17.4 Å². The number of aromatic nitrogens is 1. The first kappa shape index (κ1) is 12.0. The third-order valence-corrected chi connectivity index (χ3v) is 3.32. The summed E-state index contributed by atoms with van der Waals surface area (Å²) < 4.78 is 2.03. The molecular weight excluding hydrogens is 240 g/mol. The summed E-state index contributed by atoms with van der Waals surface area (Å²) in [5.74, 6) is -0.105. The predicted molar refractivity (Wildman–Crippen MR) is 73.0 cm³/mol. The number of hydrogen-bond acceptors (Lipinski definition) is 2. The van der Waals surface area contributed by atoms with E-state index in [2.05, 4.69) is 5.32 Å². The number of amides is 1. The first-order valence-corrected chi connectivity index (χ1v) is 6.46. The van der Waals surface area contributed by atoms with E-state index in [1.807, 2.05) is 41.1 Å². The molecule has 19 heavy (non-hydrogen) atoms. The zero-order chi connectivity index (χ0) is 13.2. The second-order valence-electron chi connectivity index (χ2n) is 4.84. The highest BCUT2D eigenvalue weighted by molar-refractivity contribution is 6.03. The Bertz CT molecular complexity index is 600. The monoisotopic (exact) mass is 256 g/mol. The van der Waals surface area contributed by atoms with Crippen LogP contribution in [0, 0.1) is 0 Å². The molecule has 1 heterocycles. The van der Waals surface area contributed by atoms with Crippen LogP contribution in [0.4, 0.5) is 5.69 Å². The SMILES string of the molecule is O=C(Nc1cccc(CO)c1)c1cccn1C1CC1. The van der Waals surface area contributed by atoms with Crippen molar-refractivity contribution >= 4 is 11.6 Å². The third kappa shape index (κ3) is 2.53. The number of hydrogen-bond donors (Lipinski definition) is 2. The summed E-state index contributed by atoms with van der Waals surface area (Å²) in [5.41, 5.74) is 2.19. The number of nitrogens with zero attached hydrogens (tertiary/aromatic N) is 1. The molecule has 0 saturated heterocycles. The van der Waals surface area contributed by atoms with E-state index in [-0.39, 0.29) is 12.5 Å². The molecule has 98 valence electrons. The Morgan fingerprint density at radius 3 is 2.89 bits per heavy atom. The standard InChI is InChI=1S/C15H16N2O2/c18-10-11-3-1-4-12(9-11)16-15(19)14-5-2-8-17(14)13-6-7-13/h1-5,8-9,13,18H,6-7,10H2,(H,16,19). The fourth-order valence-corrected chi connectivity index (χ4v) is 2.20. The van der Waals surface area contributed by atoms with Crippen molar-refractivity contribution in [2.24, 2.45) is 0 Å². The summed E-state index contributed by atoms with van der Waals surface area (Å²) in [5, 5.41) is 12.0. The maximum absolute atomic E-state index is 12.2. The molecule has 1 aromatic heterocycles. The fourth-order valence-electron chi connectivity index (χ4n) is 2.20. The number of nitrogens with one attached hydrogen (secondary N) is 1. The summed E-state index contributed by atoms with van der Waals surface area (Å²) >= 11 is 0. The number of aliphatic hydroxyl groups is 1. The number of carbonyl (C=O) groups excluding carboxylic acids is 1. The van der Waals surface area contributed by atoms with Gasteiger partial charge in [-0.2, -0.15) is 0 Å². The minimum absolute atomic E-state index is 0.0256. The molecule has 1 fully saturated rings. The van der Waals surface area contributed by atoms with Gasteiger partial charge >= 0.3 is 0 Å². The van der Waals surface area contributed by atoms with Crippen LogP contribution in [-0.4, -0.2) is 15.6 Å². The van der Waals surface area contributed by atoms with Gasteiger partial charge in [-0.15, -0.1) is 0 Å². The molecule has 1 amide bonds. The average Bonchev–Trinajstić information content (AvgIpc) is 3.16. The number of carbonyl (C=O) groups is 1. The van der Waals surface area contributed by atoms with Gasteiger partial charge in [0, 0.05) is 17.9 Å². The summed E-state index contributed by atoms with van der Waals surface area (Å²) in [6, 6.07) is 11.5. The lowest BCUT2D eigenvalue weighted by molar-refractivity contribution is 0.101. The van der Waals surface area contributed by atoms with Crippen molar-refractivity contribution in [1.82, 2.24) is 4.57 Å². The van der Waals surface area contributed by atoms with Crippen molar-refractivity contribution in [2.75, 3.05) is 5.32 Å². The lowest BCUT2D eigenvalue weighted by Crippen LogP contribution is -2.16. The molecule has 1 aromatic carbocycles. The second kappa shape index (κ2) is 4.90. The normalized spacial score (nSPS) is 14.4. The highest BCUT2D eigenvalue weighted by atomic mass is 16.3. The topological polar surface area (TPSA) is 54.3 Å². The predicted octanol–water partition coefficient (Wildman–Crippen LogP) is 2.57. The van der Waals surface area contributed by atoms with Crippen LogP contribution < -0.4 is 5.32 Å². The molecule has 0 unspecified atom stereocenters. The Morgan fingerprint density at radius 2 is 2.16 bits per heavy atom. The molecule has 0 bridgehead atoms. The van der Waals surface area contributed by atoms with Gasteiger partial charge in [0.25, 0.3) is 5.91 Å². The highest BCUT2D eigenvalue weighted by Gasteiger charge is 2.26. The van der Waals surface area contributed by atoms with Gasteiger partial charge in [-0.25, -0.2) is 0 Å². The van der Waals surface area contributed by atoms with E-state index in [0.717, 1.165) is 18.4 Å². The summed E-state index contributed by atoms with van der Waals surface area (Å²) in [6.45, 7) is -0.0256. The van der Waals surface area contributed by atoms with E-state index >= 15 is 0 Å². The van der Waals surface area contributed by atoms with Crippen LogP contribution in [0.25, 0.3) is 0 Å². The summed E-state index contributed by atoms with van der Waals surface area (Å²) in [4.78, 5) is 12.2. The van der Waals surface area contributed by atoms with Crippen molar-refractivity contribution in [1.29, 1.82) is 0 Å². The van der Waals surface area contributed by atoms with E-state index in [1.165, 1.54) is 0 Å². The molecule has 4 nitrogen and oxygen atoms in total. The minimum Gasteiger partial charge on any atom is -0.392 e. The highest BCUT2D eigenvalue weighted by Crippen LogP contribution is 2.36. The molecule has 1 aliphatic rings. The molecule has 1 aliphatic carbocycles. The van der Waals surface area contributed by atoms with Gasteiger partial charge in [0.15, 0.2) is 0 Å². The smallest absolute Gasteiger partial charge is 0.272 e. The van der Waals surface area contributed by atoms with Crippen molar-refractivity contribution in [2.45, 2.75) is 25.5 Å². The average molecular weight is 256 g/mol. The quantitative estimate of drug-likeness (QED) is 0.883. The maximum atomic E-state index is 12.2. The maximum Gasteiger partial charge on any atom is 0.272 e. The third-order valence-electron chi connectivity index (χ3n) is 3.32. The van der Waals surface area contributed by atoms with Crippen molar-refractivity contribution in [3.8, 4) is 0 Å². The first-order chi connectivity index (χ1) is 9.28. The Morgan fingerprint density at radius 1 is 1.32 bits per heavy atom. The van der Waals surface area contributed by atoms with E-state index < -0.39 is 0 Å². The minimum atomic E-state index is -0.105. The first-order valence-electron chi connectivity index (χ1n) is 6.46. The zero-order valence-corrected chi connectivity index (χ0v) is 10.5. The number of rotatable bonds is 4. The van der Waals surface area contributed by atoms with Gasteiger partial charge in [-0.05, 0) is 42.7 Å². The molecule has 2 N–H and O–H groups in total. The molecule has 0 spiro atoms. The molecular formula is C15H16N2O2. The van der Waals surface area contributed by atoms with Crippen LogP contribution >= 0.6 is 0 Å². The largest absolute Gasteiger partial charge is 0.392 e. The van der Waals surface area contributed by atoms with Gasteiger partial charge in [-0.3, -0.25) is 4.79 Å². The van der Waals surface area contributed by atoms with E-state index in [9.17, 15) is 4.79 Å². The molecule has 0 atom stereocenters. The number of benzene rings is 1. The van der Waals surface area contributed by atoms with Gasteiger partial charge < -0.3 is 15.0 Å². The van der Waals surface area contributed by atoms with Crippen molar-refractivity contribution < 1.29 is 9.90 Å². The van der Waals surface area contributed by atoms with Gasteiger partial charge in [-0.1, -0.05) is 12.1 Å². The van der Waals surface area contributed by atoms with Crippen molar-refractivity contribution in [3.63, 3.8) is 0 Å². The van der Waals surface area contributed by atoms with Gasteiger partial charge in [0.2, 0.25) is 0 Å². The Balaban J connectivity index is 1.78. The van der Waals surface area contributed by atoms with Crippen molar-refractivity contribution in [3.05, 3.63) is 53.9 Å². The molecule has 3 rings (SSSR count). The molecule has 2 aromatic rings. The fraction of sp³-hybridized carbons (Fsp3) is 0.267. The lowest BCUT2D eigenvalue weighted by atomic mass is 10.2. The Labute approximate surface area is 111 Å². The van der Waals surface area contributed by atoms with Crippen LogP contribution in [0.15, 0.2) is 42.6 Å². The molecule has 4 heteroatoms. The van der Waals surface area contributed by atoms with Crippen LogP contribution in [-0.2, 0) is 6.61 Å². The number of anilines is 1. The van der Waals surface area contributed by atoms with E-state index in [4.69, 9.17) is 5.11 Å². The molecule has 0 aliphatic heterocycles. The Hall–Kier alpha value is -2.07. The summed E-state index contributed by atoms with van der Waals surface area (Å²) in [6.07, 6.45) is 4.25. The second-order valence-corrected chi connectivity index (χ2v) is 4.84. The van der Waals surface area contributed by atoms with Gasteiger partial charge in [0.05, 0.1) is 6.61 Å². The summed E-state index contributed by atoms with van der Waals surface area (Å²) in [7, 11) is 0.